The molecule has 0 heterocycles. The number of primary amides is 1. The van der Waals surface area contributed by atoms with E-state index in [1.54, 1.807) is 0 Å². The van der Waals surface area contributed by atoms with Crippen LogP contribution in [0.25, 0.3) is 0 Å². The Morgan fingerprint density at radius 3 is 2.55 bits per heavy atom. The van der Waals surface area contributed by atoms with Crippen molar-refractivity contribution < 1.29 is 9.90 Å². The van der Waals surface area contributed by atoms with Crippen molar-refractivity contribution in [3.8, 4) is 0 Å². The molecule has 4 nitrogen and oxygen atoms in total. The van der Waals surface area contributed by atoms with Gasteiger partial charge in [0.1, 0.15) is 0 Å². The summed E-state index contributed by atoms with van der Waals surface area (Å²) in [5, 5.41) is 9.62. The Morgan fingerprint density at radius 2 is 2.18 bits per heavy atom. The molecule has 4 heteroatoms. The molecule has 1 aliphatic rings. The molecule has 2 atom stereocenters. The summed E-state index contributed by atoms with van der Waals surface area (Å²) in [6.45, 7) is 0. The van der Waals surface area contributed by atoms with Gasteiger partial charge in [-0.3, -0.25) is 4.79 Å². The first-order chi connectivity index (χ1) is 5.07. The Bertz CT molecular complexity index is 172. The van der Waals surface area contributed by atoms with E-state index < -0.39 is 17.6 Å². The van der Waals surface area contributed by atoms with E-state index >= 15 is 0 Å². The normalized spacial score (nSPS) is 38.5. The molecular formula is C7H14N2O2. The van der Waals surface area contributed by atoms with Crippen LogP contribution in [0.1, 0.15) is 25.7 Å². The van der Waals surface area contributed by atoms with E-state index in [2.05, 4.69) is 0 Å². The Hall–Kier alpha value is -0.610. The van der Waals surface area contributed by atoms with Crippen LogP contribution in [-0.4, -0.2) is 22.7 Å². The predicted octanol–water partition coefficient (Wildman–Crippen LogP) is -0.896. The fourth-order valence-corrected chi connectivity index (χ4v) is 1.49. The number of aliphatic hydroxyl groups is 1. The van der Waals surface area contributed by atoms with Crippen LogP contribution < -0.4 is 11.5 Å². The molecule has 0 aromatic heterocycles. The van der Waals surface area contributed by atoms with E-state index in [4.69, 9.17) is 11.5 Å². The zero-order valence-corrected chi connectivity index (χ0v) is 6.42. The lowest BCUT2D eigenvalue weighted by Gasteiger charge is -2.34. The van der Waals surface area contributed by atoms with E-state index in [1.165, 1.54) is 0 Å². The fraction of sp³-hybridized carbons (Fsp3) is 0.857. The van der Waals surface area contributed by atoms with E-state index in [9.17, 15) is 9.90 Å². The van der Waals surface area contributed by atoms with Crippen molar-refractivity contribution in [3.63, 3.8) is 0 Å². The van der Waals surface area contributed by atoms with Crippen LogP contribution in [0.15, 0.2) is 0 Å². The minimum atomic E-state index is -1.45. The van der Waals surface area contributed by atoms with E-state index in [-0.39, 0.29) is 0 Å². The van der Waals surface area contributed by atoms with Crippen LogP contribution in [0.4, 0.5) is 0 Å². The first kappa shape index (κ1) is 8.49. The second-order valence-corrected chi connectivity index (χ2v) is 3.14. The topological polar surface area (TPSA) is 89.3 Å². The molecule has 0 spiro atoms. The number of nitrogens with two attached hydrogens (primary N) is 2. The second-order valence-electron chi connectivity index (χ2n) is 3.14. The highest BCUT2D eigenvalue weighted by atomic mass is 16.3. The molecule has 0 aliphatic heterocycles. The zero-order valence-electron chi connectivity index (χ0n) is 6.42. The van der Waals surface area contributed by atoms with Crippen molar-refractivity contribution in [3.05, 3.63) is 0 Å². The van der Waals surface area contributed by atoms with E-state index in [0.29, 0.717) is 12.8 Å². The number of carbonyl (C=O) groups is 1. The Balaban J connectivity index is 2.72. The summed E-state index contributed by atoms with van der Waals surface area (Å²) >= 11 is 0. The molecule has 64 valence electrons. The molecule has 1 aliphatic carbocycles. The first-order valence-corrected chi connectivity index (χ1v) is 3.85. The summed E-state index contributed by atoms with van der Waals surface area (Å²) in [5.74, 6) is -0.690. The lowest BCUT2D eigenvalue weighted by atomic mass is 9.80. The SMILES string of the molecule is NC(=O)C1(O)CCCCC1N. The second kappa shape index (κ2) is 2.79. The molecule has 11 heavy (non-hydrogen) atoms. The van der Waals surface area contributed by atoms with Crippen LogP contribution in [-0.2, 0) is 4.79 Å². The molecule has 0 aromatic carbocycles. The summed E-state index contributed by atoms with van der Waals surface area (Å²) < 4.78 is 0. The maximum atomic E-state index is 10.8. The average Bonchev–Trinajstić information content (AvgIpc) is 1.95. The van der Waals surface area contributed by atoms with Gasteiger partial charge in [0.15, 0.2) is 5.60 Å². The largest absolute Gasteiger partial charge is 0.378 e. The predicted molar refractivity (Wildman–Crippen MR) is 40.6 cm³/mol. The van der Waals surface area contributed by atoms with Gasteiger partial charge in [-0.15, -0.1) is 0 Å². The Morgan fingerprint density at radius 1 is 1.55 bits per heavy atom. The van der Waals surface area contributed by atoms with Gasteiger partial charge in [0, 0.05) is 6.04 Å². The molecule has 1 rings (SSSR count). The molecular weight excluding hydrogens is 144 g/mol. The molecule has 1 amide bonds. The lowest BCUT2D eigenvalue weighted by Crippen LogP contribution is -2.58. The van der Waals surface area contributed by atoms with Gasteiger partial charge in [0.05, 0.1) is 0 Å². The maximum Gasteiger partial charge on any atom is 0.251 e. The number of hydrogen-bond donors (Lipinski definition) is 3. The van der Waals surface area contributed by atoms with Gasteiger partial charge in [-0.25, -0.2) is 0 Å². The summed E-state index contributed by atoms with van der Waals surface area (Å²) in [5.41, 5.74) is 9.14. The fourth-order valence-electron chi connectivity index (χ4n) is 1.49. The first-order valence-electron chi connectivity index (χ1n) is 3.85. The van der Waals surface area contributed by atoms with Crippen molar-refractivity contribution in [2.24, 2.45) is 11.5 Å². The highest BCUT2D eigenvalue weighted by Crippen LogP contribution is 2.26. The molecule has 1 fully saturated rings. The van der Waals surface area contributed by atoms with Crippen molar-refractivity contribution in [1.82, 2.24) is 0 Å². The van der Waals surface area contributed by atoms with Gasteiger partial charge in [0.25, 0.3) is 5.91 Å². The van der Waals surface area contributed by atoms with Crippen LogP contribution in [0.3, 0.4) is 0 Å². The van der Waals surface area contributed by atoms with Crippen LogP contribution >= 0.6 is 0 Å². The van der Waals surface area contributed by atoms with Gasteiger partial charge in [0.2, 0.25) is 0 Å². The Kier molecular flexibility index (Phi) is 2.15. The van der Waals surface area contributed by atoms with Gasteiger partial charge in [-0.2, -0.15) is 0 Å². The van der Waals surface area contributed by atoms with Crippen LogP contribution in [0, 0.1) is 0 Å². The minimum absolute atomic E-state index is 0.406. The molecule has 0 bridgehead atoms. The van der Waals surface area contributed by atoms with Crippen molar-refractivity contribution >= 4 is 5.91 Å². The third-order valence-electron chi connectivity index (χ3n) is 2.36. The number of amides is 1. The van der Waals surface area contributed by atoms with Gasteiger partial charge < -0.3 is 16.6 Å². The van der Waals surface area contributed by atoms with Crippen LogP contribution in [0.5, 0.6) is 0 Å². The molecule has 1 saturated carbocycles. The standard InChI is InChI=1S/C7H14N2O2/c8-5-3-1-2-4-7(5,11)6(9)10/h5,11H,1-4,8H2,(H2,9,10). The average molecular weight is 158 g/mol. The Labute approximate surface area is 65.6 Å². The third kappa shape index (κ3) is 1.36. The zero-order chi connectivity index (χ0) is 8.48. The smallest absolute Gasteiger partial charge is 0.251 e. The number of hydrogen-bond acceptors (Lipinski definition) is 3. The number of rotatable bonds is 1. The van der Waals surface area contributed by atoms with Crippen molar-refractivity contribution in [2.75, 3.05) is 0 Å². The monoisotopic (exact) mass is 158 g/mol. The third-order valence-corrected chi connectivity index (χ3v) is 2.36. The highest BCUT2D eigenvalue weighted by molar-refractivity contribution is 5.84. The van der Waals surface area contributed by atoms with Crippen molar-refractivity contribution in [1.29, 1.82) is 0 Å². The molecule has 0 radical (unpaired) electrons. The summed E-state index contributed by atoms with van der Waals surface area (Å²) in [4.78, 5) is 10.8. The highest BCUT2D eigenvalue weighted by Gasteiger charge is 2.41. The molecule has 0 aromatic rings. The van der Waals surface area contributed by atoms with Crippen LogP contribution in [0.2, 0.25) is 0 Å². The quantitative estimate of drug-likeness (QED) is 0.462. The molecule has 5 N–H and O–H groups in total. The van der Waals surface area contributed by atoms with Gasteiger partial charge >= 0.3 is 0 Å². The summed E-state index contributed by atoms with van der Waals surface area (Å²) in [7, 11) is 0. The van der Waals surface area contributed by atoms with E-state index in [0.717, 1.165) is 12.8 Å². The van der Waals surface area contributed by atoms with Crippen molar-refractivity contribution in [2.45, 2.75) is 37.3 Å². The molecule has 0 saturated heterocycles. The number of carbonyl (C=O) groups excluding carboxylic acids is 1. The van der Waals surface area contributed by atoms with E-state index in [1.807, 2.05) is 0 Å². The maximum absolute atomic E-state index is 10.8. The summed E-state index contributed by atoms with van der Waals surface area (Å²) in [6, 6.07) is -0.478. The van der Waals surface area contributed by atoms with Gasteiger partial charge in [-0.1, -0.05) is 6.42 Å². The minimum Gasteiger partial charge on any atom is -0.378 e. The lowest BCUT2D eigenvalue weighted by molar-refractivity contribution is -0.141. The van der Waals surface area contributed by atoms with Gasteiger partial charge in [-0.05, 0) is 19.3 Å². The molecule has 2 unspecified atom stereocenters. The summed E-state index contributed by atoms with van der Waals surface area (Å²) in [6.07, 6.45) is 2.88.